The van der Waals surface area contributed by atoms with Crippen LogP contribution in [0.15, 0.2) is 24.5 Å². The van der Waals surface area contributed by atoms with Gasteiger partial charge in [0.25, 0.3) is 0 Å². The molecule has 0 aromatic carbocycles. The van der Waals surface area contributed by atoms with Crippen molar-refractivity contribution < 1.29 is 14.3 Å². The molecule has 2 aliphatic rings. The molecule has 3 amide bonds. The fraction of sp³-hybridized carbons (Fsp3) is 0.632. The van der Waals surface area contributed by atoms with Gasteiger partial charge in [0.05, 0.1) is 0 Å². The highest BCUT2D eigenvalue weighted by molar-refractivity contribution is 5.73. The number of nitrogens with zero attached hydrogens (tertiary/aromatic N) is 2. The highest BCUT2D eigenvalue weighted by atomic mass is 16.6. The summed E-state index contributed by atoms with van der Waals surface area (Å²) in [5.41, 5.74) is 0.526. The summed E-state index contributed by atoms with van der Waals surface area (Å²) < 4.78 is 5.42. The lowest BCUT2D eigenvalue weighted by Crippen LogP contribution is -2.38. The predicted molar refractivity (Wildman–Crippen MR) is 97.4 cm³/mol. The number of aromatic nitrogens is 1. The van der Waals surface area contributed by atoms with E-state index >= 15 is 0 Å². The van der Waals surface area contributed by atoms with Crippen LogP contribution in [0.5, 0.6) is 0 Å². The van der Waals surface area contributed by atoms with E-state index in [-0.39, 0.29) is 12.1 Å². The summed E-state index contributed by atoms with van der Waals surface area (Å²) in [4.78, 5) is 29.7. The van der Waals surface area contributed by atoms with Gasteiger partial charge < -0.3 is 20.3 Å². The number of hydrogen-bond donors (Lipinski definition) is 2. The van der Waals surface area contributed by atoms with Gasteiger partial charge >= 0.3 is 12.1 Å². The molecular weight excluding hydrogens is 332 g/mol. The van der Waals surface area contributed by atoms with Crippen molar-refractivity contribution in [1.82, 2.24) is 20.5 Å². The number of carbonyl (C=O) groups is 2. The number of amides is 3. The van der Waals surface area contributed by atoms with Crippen molar-refractivity contribution in [3.05, 3.63) is 30.1 Å². The van der Waals surface area contributed by atoms with Gasteiger partial charge in [0.15, 0.2) is 0 Å². The van der Waals surface area contributed by atoms with Crippen molar-refractivity contribution >= 4 is 12.1 Å². The Morgan fingerprint density at radius 1 is 1.27 bits per heavy atom. The Hall–Kier alpha value is -2.31. The molecule has 7 nitrogen and oxygen atoms in total. The number of hydrogen-bond acceptors (Lipinski definition) is 4. The van der Waals surface area contributed by atoms with Crippen molar-refractivity contribution in [2.75, 3.05) is 19.6 Å². The lowest BCUT2D eigenvalue weighted by Gasteiger charge is -2.25. The van der Waals surface area contributed by atoms with Gasteiger partial charge in [-0.1, -0.05) is 6.07 Å². The van der Waals surface area contributed by atoms with Crippen LogP contribution in [0.4, 0.5) is 9.59 Å². The Morgan fingerprint density at radius 2 is 2.00 bits per heavy atom. The number of nitrogens with one attached hydrogen (secondary N) is 2. The van der Waals surface area contributed by atoms with Crippen LogP contribution in [0.1, 0.15) is 32.8 Å². The smallest absolute Gasteiger partial charge is 0.410 e. The molecule has 142 valence electrons. The molecule has 7 heteroatoms. The maximum atomic E-state index is 12.1. The molecule has 1 saturated heterocycles. The summed E-state index contributed by atoms with van der Waals surface area (Å²) in [6.45, 7) is 8.33. The average molecular weight is 360 g/mol. The fourth-order valence-electron chi connectivity index (χ4n) is 3.65. The van der Waals surface area contributed by atoms with Gasteiger partial charge in [0.1, 0.15) is 5.60 Å². The molecule has 0 spiro atoms. The first-order valence-corrected chi connectivity index (χ1v) is 9.22. The van der Waals surface area contributed by atoms with E-state index in [0.29, 0.717) is 30.8 Å². The topological polar surface area (TPSA) is 83.6 Å². The van der Waals surface area contributed by atoms with Crippen molar-refractivity contribution in [2.24, 2.45) is 17.8 Å². The average Bonchev–Trinajstić information content (AvgIpc) is 3.02. The lowest BCUT2D eigenvalue weighted by molar-refractivity contribution is 0.0265. The number of ether oxygens (including phenoxy) is 1. The second kappa shape index (κ2) is 7.51. The van der Waals surface area contributed by atoms with Crippen molar-refractivity contribution in [1.29, 1.82) is 0 Å². The van der Waals surface area contributed by atoms with Gasteiger partial charge in [-0.2, -0.15) is 0 Å². The van der Waals surface area contributed by atoms with E-state index in [1.165, 1.54) is 0 Å². The first kappa shape index (κ1) is 18.5. The summed E-state index contributed by atoms with van der Waals surface area (Å²) in [7, 11) is 0. The summed E-state index contributed by atoms with van der Waals surface area (Å²) >= 11 is 0. The molecule has 26 heavy (non-hydrogen) atoms. The quantitative estimate of drug-likeness (QED) is 0.844. The van der Waals surface area contributed by atoms with Crippen LogP contribution in [0.3, 0.4) is 0 Å². The molecule has 1 unspecified atom stereocenters. The van der Waals surface area contributed by atoms with Gasteiger partial charge in [0, 0.05) is 38.6 Å². The summed E-state index contributed by atoms with van der Waals surface area (Å²) in [5, 5.41) is 5.73. The second-order valence-corrected chi connectivity index (χ2v) is 8.14. The Bertz CT molecular complexity index is 632. The van der Waals surface area contributed by atoms with E-state index in [1.807, 2.05) is 37.8 Å². The molecule has 1 aromatic rings. The Morgan fingerprint density at radius 3 is 2.62 bits per heavy atom. The van der Waals surface area contributed by atoms with Gasteiger partial charge in [-0.15, -0.1) is 0 Å². The maximum absolute atomic E-state index is 12.1. The molecule has 3 atom stereocenters. The van der Waals surface area contributed by atoms with Crippen LogP contribution in [0.25, 0.3) is 0 Å². The molecule has 1 aliphatic carbocycles. The van der Waals surface area contributed by atoms with E-state index in [1.54, 1.807) is 12.4 Å². The Labute approximate surface area is 154 Å². The minimum atomic E-state index is -0.448. The van der Waals surface area contributed by atoms with Crippen molar-refractivity contribution in [3.8, 4) is 0 Å². The second-order valence-electron chi connectivity index (χ2n) is 8.14. The minimum Gasteiger partial charge on any atom is -0.444 e. The number of pyridine rings is 1. The summed E-state index contributed by atoms with van der Waals surface area (Å²) in [6.07, 6.45) is 4.19. The van der Waals surface area contributed by atoms with Gasteiger partial charge in [0.2, 0.25) is 0 Å². The number of carbonyl (C=O) groups excluding carboxylic acids is 2. The molecule has 1 saturated carbocycles. The fourth-order valence-corrected chi connectivity index (χ4v) is 3.65. The SMILES string of the molecule is CC(C)(C)OC(=O)N1C[C@@H]2C(CCNC(=O)NCc3cccnc3)[C@@H]2C1. The van der Waals surface area contributed by atoms with Crippen molar-refractivity contribution in [3.63, 3.8) is 0 Å². The normalized spacial score (nSPS) is 24.0. The number of urea groups is 1. The molecular formula is C19H28N4O3. The zero-order valence-corrected chi connectivity index (χ0v) is 15.7. The molecule has 2 N–H and O–H groups in total. The zero-order valence-electron chi connectivity index (χ0n) is 15.7. The van der Waals surface area contributed by atoms with E-state index < -0.39 is 5.60 Å². The molecule has 3 rings (SSSR count). The van der Waals surface area contributed by atoms with E-state index in [9.17, 15) is 9.59 Å². The third-order valence-corrected chi connectivity index (χ3v) is 4.96. The third kappa shape index (κ3) is 4.86. The molecule has 0 radical (unpaired) electrons. The number of rotatable bonds is 5. The Balaban J connectivity index is 1.29. The first-order valence-electron chi connectivity index (χ1n) is 9.22. The zero-order chi connectivity index (χ0) is 18.7. The summed E-state index contributed by atoms with van der Waals surface area (Å²) in [5.74, 6) is 1.72. The largest absolute Gasteiger partial charge is 0.444 e. The molecule has 1 aliphatic heterocycles. The van der Waals surface area contributed by atoms with Crippen molar-refractivity contribution in [2.45, 2.75) is 39.3 Å². The molecule has 1 aromatic heterocycles. The maximum Gasteiger partial charge on any atom is 0.410 e. The third-order valence-electron chi connectivity index (χ3n) is 4.96. The minimum absolute atomic E-state index is 0.157. The lowest BCUT2D eigenvalue weighted by atomic mass is 10.2. The molecule has 2 fully saturated rings. The molecule has 0 bridgehead atoms. The number of piperidine rings is 1. The predicted octanol–water partition coefficient (Wildman–Crippen LogP) is 2.38. The van der Waals surface area contributed by atoms with Gasteiger partial charge in [-0.3, -0.25) is 4.98 Å². The van der Waals surface area contributed by atoms with Crippen LogP contribution in [-0.4, -0.2) is 47.2 Å². The first-order chi connectivity index (χ1) is 12.3. The van der Waals surface area contributed by atoms with Crippen LogP contribution in [0, 0.1) is 17.8 Å². The van der Waals surface area contributed by atoms with Crippen LogP contribution < -0.4 is 10.6 Å². The van der Waals surface area contributed by atoms with E-state index in [2.05, 4.69) is 15.6 Å². The van der Waals surface area contributed by atoms with E-state index in [0.717, 1.165) is 25.1 Å². The highest BCUT2D eigenvalue weighted by Crippen LogP contribution is 2.53. The highest BCUT2D eigenvalue weighted by Gasteiger charge is 2.56. The van der Waals surface area contributed by atoms with Crippen LogP contribution in [0.2, 0.25) is 0 Å². The van der Waals surface area contributed by atoms with E-state index in [4.69, 9.17) is 4.74 Å². The monoisotopic (exact) mass is 360 g/mol. The standard InChI is InChI=1S/C19H28N4O3/c1-19(2,3)26-18(25)23-11-15-14(16(15)12-23)6-8-21-17(24)22-10-13-5-4-7-20-9-13/h4-5,7,9,14-16H,6,8,10-12H2,1-3H3,(H2,21,22,24)/t14?,15-,16+. The van der Waals surface area contributed by atoms with Gasteiger partial charge in [-0.25, -0.2) is 9.59 Å². The number of fused-ring (bicyclic) bond motifs is 1. The summed E-state index contributed by atoms with van der Waals surface area (Å²) in [6, 6.07) is 3.62. The molecule has 2 heterocycles. The van der Waals surface area contributed by atoms with Crippen LogP contribution >= 0.6 is 0 Å². The Kier molecular flexibility index (Phi) is 5.34. The number of likely N-dealkylation sites (tertiary alicyclic amines) is 1. The van der Waals surface area contributed by atoms with Gasteiger partial charge in [-0.05, 0) is 56.6 Å². The van der Waals surface area contributed by atoms with Crippen LogP contribution in [-0.2, 0) is 11.3 Å².